The smallest absolute Gasteiger partial charge is 0.186 e. The van der Waals surface area contributed by atoms with Crippen molar-refractivity contribution in [3.63, 3.8) is 0 Å². The van der Waals surface area contributed by atoms with E-state index in [0.29, 0.717) is 0 Å². The first-order valence-electron chi connectivity index (χ1n) is 4.50. The van der Waals surface area contributed by atoms with Crippen LogP contribution in [0.1, 0.15) is 13.3 Å². The van der Waals surface area contributed by atoms with Crippen LogP contribution in [-0.4, -0.2) is 62.3 Å². The summed E-state index contributed by atoms with van der Waals surface area (Å²) >= 11 is 0. The van der Waals surface area contributed by atoms with Crippen LogP contribution in [0.5, 0.6) is 0 Å². The number of hydrogen-bond acceptors (Lipinski definition) is 6. The minimum atomic E-state index is -1.88. The van der Waals surface area contributed by atoms with Crippen molar-refractivity contribution >= 4 is 0 Å². The van der Waals surface area contributed by atoms with E-state index in [-0.39, 0.29) is 6.42 Å². The van der Waals surface area contributed by atoms with Crippen LogP contribution in [0, 0.1) is 0 Å². The highest BCUT2D eigenvalue weighted by atomic mass is 16.6. The topological polar surface area (TPSA) is 110 Å². The molecule has 0 spiro atoms. The Labute approximate surface area is 81.4 Å². The van der Waals surface area contributed by atoms with Crippen LogP contribution in [0.25, 0.3) is 0 Å². The zero-order valence-corrected chi connectivity index (χ0v) is 7.87. The lowest BCUT2D eigenvalue weighted by molar-refractivity contribution is -0.329. The van der Waals surface area contributed by atoms with Crippen LogP contribution in [0.4, 0.5) is 0 Å². The number of aliphatic hydroxyl groups is 5. The van der Waals surface area contributed by atoms with Crippen LogP contribution in [0.3, 0.4) is 0 Å². The van der Waals surface area contributed by atoms with Gasteiger partial charge in [0, 0.05) is 0 Å². The molecule has 1 fully saturated rings. The molecule has 0 aromatic heterocycles. The molecule has 0 aliphatic carbocycles. The van der Waals surface area contributed by atoms with Crippen molar-refractivity contribution < 1.29 is 30.3 Å². The minimum absolute atomic E-state index is 0.0323. The summed E-state index contributed by atoms with van der Waals surface area (Å²) in [4.78, 5) is 0. The number of hydrogen-bond donors (Lipinski definition) is 5. The van der Waals surface area contributed by atoms with Crippen molar-refractivity contribution in [3.8, 4) is 0 Å². The fourth-order valence-electron chi connectivity index (χ4n) is 1.54. The fourth-order valence-corrected chi connectivity index (χ4v) is 1.54. The summed E-state index contributed by atoms with van der Waals surface area (Å²) in [5, 5.41) is 46.8. The molecule has 1 heterocycles. The van der Waals surface area contributed by atoms with E-state index in [0.717, 1.165) is 0 Å². The van der Waals surface area contributed by atoms with Gasteiger partial charge in [-0.05, 0) is 6.42 Å². The van der Waals surface area contributed by atoms with Crippen LogP contribution >= 0.6 is 0 Å². The molecule has 0 radical (unpaired) electrons. The van der Waals surface area contributed by atoms with Gasteiger partial charge in [0.2, 0.25) is 0 Å². The van der Waals surface area contributed by atoms with Crippen molar-refractivity contribution in [2.24, 2.45) is 0 Å². The SMILES string of the molecule is CCC1(O)C(O)OC(CO)C(O)C1O. The first-order valence-corrected chi connectivity index (χ1v) is 4.50. The molecule has 5 N–H and O–H groups in total. The number of aliphatic hydroxyl groups excluding tert-OH is 4. The first-order chi connectivity index (χ1) is 6.47. The Bertz CT molecular complexity index is 198. The Morgan fingerprint density at radius 1 is 1.29 bits per heavy atom. The van der Waals surface area contributed by atoms with Gasteiger partial charge in [-0.3, -0.25) is 0 Å². The van der Waals surface area contributed by atoms with Crippen LogP contribution in [0.2, 0.25) is 0 Å². The molecular weight excluding hydrogens is 192 g/mol. The Hall–Kier alpha value is -0.240. The predicted molar refractivity (Wildman–Crippen MR) is 45.2 cm³/mol. The van der Waals surface area contributed by atoms with E-state index in [2.05, 4.69) is 0 Å². The molecular formula is C8H16O6. The fraction of sp³-hybridized carbons (Fsp3) is 1.00. The van der Waals surface area contributed by atoms with Crippen LogP contribution < -0.4 is 0 Å². The molecule has 84 valence electrons. The molecule has 1 aliphatic rings. The lowest BCUT2D eigenvalue weighted by atomic mass is 9.84. The van der Waals surface area contributed by atoms with E-state index >= 15 is 0 Å². The normalized spacial score (nSPS) is 49.3. The summed E-state index contributed by atoms with van der Waals surface area (Å²) in [5.74, 6) is 0. The predicted octanol–water partition coefficient (Wildman–Crippen LogP) is -2.44. The monoisotopic (exact) mass is 208 g/mol. The van der Waals surface area contributed by atoms with Crippen molar-refractivity contribution in [1.82, 2.24) is 0 Å². The molecule has 5 unspecified atom stereocenters. The summed E-state index contributed by atoms with van der Waals surface area (Å²) < 4.78 is 4.77. The average molecular weight is 208 g/mol. The van der Waals surface area contributed by atoms with Gasteiger partial charge in [-0.25, -0.2) is 0 Å². The Kier molecular flexibility index (Phi) is 3.46. The molecule has 6 nitrogen and oxygen atoms in total. The summed E-state index contributed by atoms with van der Waals surface area (Å²) in [7, 11) is 0. The van der Waals surface area contributed by atoms with Crippen molar-refractivity contribution in [2.75, 3.05) is 6.61 Å². The Balaban J connectivity index is 2.84. The van der Waals surface area contributed by atoms with Gasteiger partial charge in [0.15, 0.2) is 6.29 Å². The summed E-state index contributed by atoms with van der Waals surface area (Å²) in [6.45, 7) is 1.01. The Morgan fingerprint density at radius 3 is 2.29 bits per heavy atom. The third-order valence-electron chi connectivity index (χ3n) is 2.69. The zero-order chi connectivity index (χ0) is 10.9. The average Bonchev–Trinajstić information content (AvgIpc) is 2.20. The summed E-state index contributed by atoms with van der Waals surface area (Å²) in [5.41, 5.74) is -1.88. The van der Waals surface area contributed by atoms with Gasteiger partial charge >= 0.3 is 0 Å². The number of ether oxygens (including phenoxy) is 1. The first kappa shape index (κ1) is 11.8. The molecule has 5 atom stereocenters. The summed E-state index contributed by atoms with van der Waals surface area (Å²) in [6.07, 6.45) is -5.60. The quantitative estimate of drug-likeness (QED) is 0.345. The van der Waals surface area contributed by atoms with Crippen LogP contribution in [-0.2, 0) is 4.74 Å². The molecule has 0 aromatic rings. The van der Waals surface area contributed by atoms with Gasteiger partial charge in [0.25, 0.3) is 0 Å². The molecule has 0 saturated carbocycles. The maximum Gasteiger partial charge on any atom is 0.186 e. The van der Waals surface area contributed by atoms with Crippen molar-refractivity contribution in [2.45, 2.75) is 43.5 Å². The number of rotatable bonds is 2. The lowest BCUT2D eigenvalue weighted by Crippen LogP contribution is -2.66. The van der Waals surface area contributed by atoms with E-state index in [1.165, 1.54) is 0 Å². The Morgan fingerprint density at radius 2 is 1.86 bits per heavy atom. The maximum atomic E-state index is 9.73. The third-order valence-corrected chi connectivity index (χ3v) is 2.69. The molecule has 1 rings (SSSR count). The maximum absolute atomic E-state index is 9.73. The molecule has 1 saturated heterocycles. The lowest BCUT2D eigenvalue weighted by Gasteiger charge is -2.45. The second-order valence-corrected chi connectivity index (χ2v) is 3.49. The largest absolute Gasteiger partial charge is 0.394 e. The van der Waals surface area contributed by atoms with Gasteiger partial charge in [-0.15, -0.1) is 0 Å². The molecule has 0 aromatic carbocycles. The summed E-state index contributed by atoms with van der Waals surface area (Å²) in [6, 6.07) is 0. The van der Waals surface area contributed by atoms with Gasteiger partial charge in [0.05, 0.1) is 6.61 Å². The van der Waals surface area contributed by atoms with Crippen molar-refractivity contribution in [1.29, 1.82) is 0 Å². The highest BCUT2D eigenvalue weighted by Crippen LogP contribution is 2.30. The molecule has 0 bridgehead atoms. The molecule has 14 heavy (non-hydrogen) atoms. The van der Waals surface area contributed by atoms with Gasteiger partial charge < -0.3 is 30.3 Å². The molecule has 6 heteroatoms. The highest BCUT2D eigenvalue weighted by molar-refractivity contribution is 4.98. The van der Waals surface area contributed by atoms with E-state index in [9.17, 15) is 20.4 Å². The third kappa shape index (κ3) is 1.65. The van der Waals surface area contributed by atoms with Crippen LogP contribution in [0.15, 0.2) is 0 Å². The zero-order valence-electron chi connectivity index (χ0n) is 7.87. The minimum Gasteiger partial charge on any atom is -0.394 e. The van der Waals surface area contributed by atoms with Gasteiger partial charge in [0.1, 0.15) is 23.9 Å². The van der Waals surface area contributed by atoms with E-state index in [1.807, 2.05) is 0 Å². The second-order valence-electron chi connectivity index (χ2n) is 3.49. The molecule has 1 aliphatic heterocycles. The van der Waals surface area contributed by atoms with E-state index in [1.54, 1.807) is 6.92 Å². The van der Waals surface area contributed by atoms with Gasteiger partial charge in [-0.2, -0.15) is 0 Å². The van der Waals surface area contributed by atoms with E-state index in [4.69, 9.17) is 9.84 Å². The standard InChI is InChI=1S/C8H16O6/c1-2-8(13)6(11)5(10)4(3-9)14-7(8)12/h4-7,9-13H,2-3H2,1H3. The highest BCUT2D eigenvalue weighted by Gasteiger charge is 2.52. The van der Waals surface area contributed by atoms with E-state index < -0.39 is 36.8 Å². The molecule has 0 amide bonds. The second kappa shape index (κ2) is 4.09. The van der Waals surface area contributed by atoms with Gasteiger partial charge in [-0.1, -0.05) is 6.92 Å². The van der Waals surface area contributed by atoms with Crippen molar-refractivity contribution in [3.05, 3.63) is 0 Å².